The maximum absolute atomic E-state index is 10.7. The zero-order valence-electron chi connectivity index (χ0n) is 10.6. The molecular formula is C12H14N4O4. The first-order valence-corrected chi connectivity index (χ1v) is 6.10. The Morgan fingerprint density at radius 1 is 1.15 bits per heavy atom. The van der Waals surface area contributed by atoms with Crippen molar-refractivity contribution in [3.63, 3.8) is 0 Å². The quantitative estimate of drug-likeness (QED) is 0.406. The molecule has 0 unspecified atom stereocenters. The molecule has 1 fully saturated rings. The van der Waals surface area contributed by atoms with E-state index in [0.29, 0.717) is 0 Å². The molecule has 1 aliphatic heterocycles. The number of carbonyl (C=O) groups is 2. The van der Waals surface area contributed by atoms with Crippen LogP contribution in [-0.4, -0.2) is 45.4 Å². The van der Waals surface area contributed by atoms with Gasteiger partial charge in [-0.3, -0.25) is 0 Å². The molecule has 8 nitrogen and oxygen atoms in total. The van der Waals surface area contributed by atoms with Crippen LogP contribution in [0.1, 0.15) is 12.8 Å². The van der Waals surface area contributed by atoms with E-state index in [1.54, 1.807) is 12.1 Å². The first-order chi connectivity index (χ1) is 9.58. The number of aromatic nitrogens is 2. The molecule has 2 rings (SSSR count). The molecule has 8 heteroatoms. The minimum absolute atomic E-state index is 0.285. The number of aliphatic carboxylic acids is 2. The standard InChI is InChI=1S/C12H14N4O4/c17-11(18)8(12(19)20)7-13-9-3-4-10(15-14-9)16-5-1-2-6-16/h3-4,7H,1-2,5-6H2,(H,13,14)(H,17,18)(H,19,20). The first-order valence-electron chi connectivity index (χ1n) is 6.10. The highest BCUT2D eigenvalue weighted by Crippen LogP contribution is 2.17. The summed E-state index contributed by atoms with van der Waals surface area (Å²) in [5.41, 5.74) is -0.768. The van der Waals surface area contributed by atoms with Gasteiger partial charge in [0.25, 0.3) is 0 Å². The van der Waals surface area contributed by atoms with E-state index in [1.165, 1.54) is 0 Å². The molecule has 1 saturated heterocycles. The minimum atomic E-state index is -1.52. The Hall–Kier alpha value is -2.64. The van der Waals surface area contributed by atoms with E-state index in [-0.39, 0.29) is 5.82 Å². The highest BCUT2D eigenvalue weighted by molar-refractivity contribution is 6.12. The molecule has 0 bridgehead atoms. The lowest BCUT2D eigenvalue weighted by Crippen LogP contribution is -2.19. The topological polar surface area (TPSA) is 116 Å². The predicted octanol–water partition coefficient (Wildman–Crippen LogP) is 0.542. The molecule has 20 heavy (non-hydrogen) atoms. The SMILES string of the molecule is O=C(O)C(=CNc1ccc(N2CCCC2)nn1)C(=O)O. The Morgan fingerprint density at radius 3 is 2.30 bits per heavy atom. The van der Waals surface area contributed by atoms with Crippen LogP contribution in [0.3, 0.4) is 0 Å². The molecule has 0 atom stereocenters. The van der Waals surface area contributed by atoms with Crippen molar-refractivity contribution in [2.24, 2.45) is 0 Å². The van der Waals surface area contributed by atoms with E-state index < -0.39 is 17.5 Å². The largest absolute Gasteiger partial charge is 0.477 e. The minimum Gasteiger partial charge on any atom is -0.477 e. The Kier molecular flexibility index (Phi) is 4.14. The highest BCUT2D eigenvalue weighted by atomic mass is 16.4. The zero-order valence-corrected chi connectivity index (χ0v) is 10.6. The maximum Gasteiger partial charge on any atom is 0.344 e. The van der Waals surface area contributed by atoms with Gasteiger partial charge in [-0.2, -0.15) is 0 Å². The molecule has 0 aliphatic carbocycles. The van der Waals surface area contributed by atoms with E-state index in [4.69, 9.17) is 10.2 Å². The van der Waals surface area contributed by atoms with E-state index in [9.17, 15) is 9.59 Å². The lowest BCUT2D eigenvalue weighted by Gasteiger charge is -2.15. The van der Waals surface area contributed by atoms with Gasteiger partial charge >= 0.3 is 11.9 Å². The molecule has 1 aliphatic rings. The smallest absolute Gasteiger partial charge is 0.344 e. The van der Waals surface area contributed by atoms with Crippen LogP contribution in [0.15, 0.2) is 23.9 Å². The van der Waals surface area contributed by atoms with Crippen LogP contribution >= 0.6 is 0 Å². The van der Waals surface area contributed by atoms with Gasteiger partial charge in [0.05, 0.1) is 0 Å². The lowest BCUT2D eigenvalue weighted by atomic mass is 10.3. The van der Waals surface area contributed by atoms with E-state index >= 15 is 0 Å². The Labute approximate surface area is 114 Å². The molecule has 1 aromatic heterocycles. The summed E-state index contributed by atoms with van der Waals surface area (Å²) in [6.45, 7) is 1.90. The molecule has 0 aromatic carbocycles. The van der Waals surface area contributed by atoms with Crippen molar-refractivity contribution in [1.29, 1.82) is 0 Å². The molecular weight excluding hydrogens is 264 g/mol. The van der Waals surface area contributed by atoms with Crippen molar-refractivity contribution in [3.8, 4) is 0 Å². The molecule has 2 heterocycles. The number of carboxylic acid groups (broad SMARTS) is 2. The van der Waals surface area contributed by atoms with Crippen LogP contribution in [0.25, 0.3) is 0 Å². The van der Waals surface area contributed by atoms with Crippen LogP contribution in [0.4, 0.5) is 11.6 Å². The van der Waals surface area contributed by atoms with Gasteiger partial charge < -0.3 is 20.4 Å². The average molecular weight is 278 g/mol. The second kappa shape index (κ2) is 6.00. The second-order valence-electron chi connectivity index (χ2n) is 4.28. The fraction of sp³-hybridized carbons (Fsp3) is 0.333. The van der Waals surface area contributed by atoms with Gasteiger partial charge in [-0.25, -0.2) is 9.59 Å². The van der Waals surface area contributed by atoms with Crippen LogP contribution in [0.2, 0.25) is 0 Å². The second-order valence-corrected chi connectivity index (χ2v) is 4.28. The normalized spacial score (nSPS) is 13.9. The van der Waals surface area contributed by atoms with Crippen LogP contribution in [0, 0.1) is 0 Å². The van der Waals surface area contributed by atoms with Gasteiger partial charge in [0.15, 0.2) is 17.2 Å². The average Bonchev–Trinajstić information content (AvgIpc) is 2.92. The lowest BCUT2D eigenvalue weighted by molar-refractivity contribution is -0.140. The van der Waals surface area contributed by atoms with Crippen molar-refractivity contribution < 1.29 is 19.8 Å². The van der Waals surface area contributed by atoms with Crippen LogP contribution < -0.4 is 10.2 Å². The van der Waals surface area contributed by atoms with Crippen LogP contribution in [-0.2, 0) is 9.59 Å². The number of hydrogen-bond acceptors (Lipinski definition) is 6. The molecule has 1 aromatic rings. The summed E-state index contributed by atoms with van der Waals surface area (Å²) in [6, 6.07) is 3.38. The molecule has 3 N–H and O–H groups in total. The van der Waals surface area contributed by atoms with Crippen molar-refractivity contribution in [2.45, 2.75) is 12.8 Å². The third kappa shape index (κ3) is 3.22. The number of nitrogens with one attached hydrogen (secondary N) is 1. The molecule has 0 radical (unpaired) electrons. The van der Waals surface area contributed by atoms with Crippen molar-refractivity contribution in [1.82, 2.24) is 10.2 Å². The maximum atomic E-state index is 10.7. The van der Waals surface area contributed by atoms with Gasteiger partial charge in [-0.05, 0) is 25.0 Å². The van der Waals surface area contributed by atoms with E-state index in [1.807, 2.05) is 0 Å². The number of nitrogens with zero attached hydrogens (tertiary/aromatic N) is 3. The predicted molar refractivity (Wildman–Crippen MR) is 70.5 cm³/mol. The number of hydrogen-bond donors (Lipinski definition) is 3. The Balaban J connectivity index is 2.05. The fourth-order valence-corrected chi connectivity index (χ4v) is 1.88. The van der Waals surface area contributed by atoms with Gasteiger partial charge in [-0.15, -0.1) is 10.2 Å². The molecule has 106 valence electrons. The summed E-state index contributed by atoms with van der Waals surface area (Å²) in [5.74, 6) is -2.00. The van der Waals surface area contributed by atoms with Gasteiger partial charge in [0.2, 0.25) is 0 Å². The van der Waals surface area contributed by atoms with E-state index in [0.717, 1.165) is 37.9 Å². The summed E-state index contributed by atoms with van der Waals surface area (Å²) >= 11 is 0. The summed E-state index contributed by atoms with van der Waals surface area (Å²) in [5, 5.41) is 27.8. The molecule has 0 spiro atoms. The van der Waals surface area contributed by atoms with Gasteiger partial charge in [0.1, 0.15) is 0 Å². The third-order valence-corrected chi connectivity index (χ3v) is 2.91. The molecule has 0 amide bonds. The third-order valence-electron chi connectivity index (χ3n) is 2.91. The van der Waals surface area contributed by atoms with E-state index in [2.05, 4.69) is 20.4 Å². The fourth-order valence-electron chi connectivity index (χ4n) is 1.88. The monoisotopic (exact) mass is 278 g/mol. The van der Waals surface area contributed by atoms with Crippen LogP contribution in [0.5, 0.6) is 0 Å². The van der Waals surface area contributed by atoms with Crippen molar-refractivity contribution >= 4 is 23.6 Å². The van der Waals surface area contributed by atoms with Crippen molar-refractivity contribution in [3.05, 3.63) is 23.9 Å². The first kappa shape index (κ1) is 13.8. The number of anilines is 2. The van der Waals surface area contributed by atoms with Gasteiger partial charge in [-0.1, -0.05) is 0 Å². The summed E-state index contributed by atoms with van der Waals surface area (Å²) < 4.78 is 0. The zero-order chi connectivity index (χ0) is 14.5. The summed E-state index contributed by atoms with van der Waals surface area (Å²) in [7, 11) is 0. The molecule has 0 saturated carbocycles. The highest BCUT2D eigenvalue weighted by Gasteiger charge is 2.16. The Morgan fingerprint density at radius 2 is 1.80 bits per heavy atom. The Bertz CT molecular complexity index is 519. The van der Waals surface area contributed by atoms with Crippen molar-refractivity contribution in [2.75, 3.05) is 23.3 Å². The summed E-state index contributed by atoms with van der Waals surface area (Å²) in [6.07, 6.45) is 3.14. The summed E-state index contributed by atoms with van der Waals surface area (Å²) in [4.78, 5) is 23.4. The van der Waals surface area contributed by atoms with Gasteiger partial charge in [0, 0.05) is 19.3 Å². The number of carboxylic acids is 2. The number of rotatable bonds is 5.